The van der Waals surface area contributed by atoms with Crippen LogP contribution >= 0.6 is 0 Å². The zero-order valence-corrected chi connectivity index (χ0v) is 22.2. The van der Waals surface area contributed by atoms with Crippen molar-refractivity contribution in [1.29, 1.82) is 0 Å². The normalized spacial score (nSPS) is 12.2. The Morgan fingerprint density at radius 3 is 0.912 bits per heavy atom. The van der Waals surface area contributed by atoms with Crippen LogP contribution in [0.25, 0.3) is 0 Å². The highest BCUT2D eigenvalue weighted by atomic mass is 16.6. The summed E-state index contributed by atoms with van der Waals surface area (Å²) >= 11 is 0. The molecule has 0 amide bonds. The summed E-state index contributed by atoms with van der Waals surface area (Å²) in [6.45, 7) is 13.1. The van der Waals surface area contributed by atoms with Crippen molar-refractivity contribution in [2.45, 2.75) is 119 Å². The second-order valence-corrected chi connectivity index (χ2v) is 9.59. The van der Waals surface area contributed by atoms with Gasteiger partial charge in [0.25, 0.3) is 0 Å². The second-order valence-electron chi connectivity index (χ2n) is 9.59. The molecule has 4 heteroatoms. The van der Waals surface area contributed by atoms with Crippen LogP contribution in [0.3, 0.4) is 0 Å². The zero-order valence-electron chi connectivity index (χ0n) is 22.2. The van der Waals surface area contributed by atoms with E-state index in [-0.39, 0.29) is 11.5 Å². The molecule has 188 valence electrons. The topological polar surface area (TPSA) is 58.9 Å². The van der Waals surface area contributed by atoms with Gasteiger partial charge in [-0.1, -0.05) is 80.1 Å². The molecule has 0 radical (unpaired) electrons. The van der Waals surface area contributed by atoms with Crippen LogP contribution in [0.5, 0.6) is 34.5 Å². The van der Waals surface area contributed by atoms with Crippen molar-refractivity contribution >= 4 is 0 Å². The lowest BCUT2D eigenvalue weighted by Gasteiger charge is -2.32. The molecule has 2 aromatic carbocycles. The van der Waals surface area contributed by atoms with E-state index in [9.17, 15) is 10.2 Å². The minimum atomic E-state index is -0.0571. The number of phenolic OH excluding ortho intramolecular Hbond substituents is 2. The van der Waals surface area contributed by atoms with E-state index in [2.05, 4.69) is 41.5 Å². The molecule has 1 aliphatic heterocycles. The highest BCUT2D eigenvalue weighted by Crippen LogP contribution is 2.58. The number of benzene rings is 2. The van der Waals surface area contributed by atoms with E-state index < -0.39 is 0 Å². The van der Waals surface area contributed by atoms with Crippen LogP contribution in [0.1, 0.15) is 113 Å². The van der Waals surface area contributed by atoms with Gasteiger partial charge in [0, 0.05) is 22.3 Å². The van der Waals surface area contributed by atoms with Gasteiger partial charge in [-0.2, -0.15) is 0 Å². The summed E-state index contributed by atoms with van der Waals surface area (Å²) in [4.78, 5) is 0. The molecule has 34 heavy (non-hydrogen) atoms. The maximum Gasteiger partial charge on any atom is 0.177 e. The molecule has 0 bridgehead atoms. The third-order valence-electron chi connectivity index (χ3n) is 6.81. The molecule has 2 aromatic rings. The van der Waals surface area contributed by atoms with E-state index in [0.717, 1.165) is 75.7 Å². The molecule has 0 atom stereocenters. The van der Waals surface area contributed by atoms with Crippen molar-refractivity contribution in [3.63, 3.8) is 0 Å². The van der Waals surface area contributed by atoms with Crippen LogP contribution in [0.4, 0.5) is 0 Å². The van der Waals surface area contributed by atoms with Crippen molar-refractivity contribution in [3.05, 3.63) is 33.4 Å². The summed E-state index contributed by atoms with van der Waals surface area (Å²) in [5, 5.41) is 21.8. The minimum Gasteiger partial charge on any atom is -0.504 e. The van der Waals surface area contributed by atoms with Crippen molar-refractivity contribution in [1.82, 2.24) is 0 Å². The summed E-state index contributed by atoms with van der Waals surface area (Å²) < 4.78 is 13.6. The van der Waals surface area contributed by atoms with E-state index in [1.165, 1.54) is 22.3 Å². The van der Waals surface area contributed by atoms with Crippen LogP contribution < -0.4 is 9.47 Å². The number of aromatic hydroxyl groups is 2. The average Bonchev–Trinajstić information content (AvgIpc) is 2.83. The lowest BCUT2D eigenvalue weighted by atomic mass is 9.85. The quantitative estimate of drug-likeness (QED) is 0.261. The van der Waals surface area contributed by atoms with Gasteiger partial charge in [-0.05, 0) is 49.7 Å². The predicted molar refractivity (Wildman–Crippen MR) is 140 cm³/mol. The largest absolute Gasteiger partial charge is 0.504 e. The Morgan fingerprint density at radius 1 is 0.382 bits per heavy atom. The van der Waals surface area contributed by atoms with Crippen LogP contribution in [0, 0.1) is 0 Å². The molecule has 0 spiro atoms. The number of ether oxygens (including phenoxy) is 2. The summed E-state index contributed by atoms with van der Waals surface area (Å²) in [5.41, 5.74) is 6.70. The van der Waals surface area contributed by atoms with Crippen molar-refractivity contribution < 1.29 is 19.7 Å². The first-order valence-electron chi connectivity index (χ1n) is 13.6. The molecule has 0 aromatic heterocycles. The first kappa shape index (κ1) is 26.2. The van der Waals surface area contributed by atoms with Gasteiger partial charge in [0.1, 0.15) is 0 Å². The Hall–Kier alpha value is -2.36. The van der Waals surface area contributed by atoms with E-state index in [1.807, 2.05) is 0 Å². The summed E-state index contributed by atoms with van der Waals surface area (Å²) in [5.74, 6) is 2.76. The number of rotatable bonds is 12. The van der Waals surface area contributed by atoms with E-state index in [0.29, 0.717) is 35.5 Å². The third-order valence-corrected chi connectivity index (χ3v) is 6.81. The fourth-order valence-electron chi connectivity index (χ4n) is 5.42. The molecule has 1 heterocycles. The third kappa shape index (κ3) is 4.74. The zero-order chi connectivity index (χ0) is 24.8. The van der Waals surface area contributed by atoms with E-state index in [4.69, 9.17) is 9.47 Å². The van der Waals surface area contributed by atoms with Gasteiger partial charge in [0.05, 0.1) is 0 Å². The number of hydrogen-bond donors (Lipinski definition) is 2. The Kier molecular flexibility index (Phi) is 9.16. The smallest absolute Gasteiger partial charge is 0.177 e. The van der Waals surface area contributed by atoms with Gasteiger partial charge in [0.15, 0.2) is 34.5 Å². The van der Waals surface area contributed by atoms with Gasteiger partial charge in [-0.25, -0.2) is 0 Å². The van der Waals surface area contributed by atoms with Crippen molar-refractivity contribution in [2.24, 2.45) is 0 Å². The van der Waals surface area contributed by atoms with E-state index in [1.54, 1.807) is 0 Å². The molecule has 4 nitrogen and oxygen atoms in total. The van der Waals surface area contributed by atoms with Crippen LogP contribution in [-0.4, -0.2) is 10.2 Å². The van der Waals surface area contributed by atoms with E-state index >= 15 is 0 Å². The standard InChI is InChI=1S/C30H44O4/c1-7-13-19-20(14-8-2)22(16-10-4)28-27(21(19)15-9-3)33-29-23(17-11-5)25(31)26(32)24(18-12-6)30(29)34-28/h31-32H,7-18H2,1-6H3. The molecule has 3 rings (SSSR count). The monoisotopic (exact) mass is 468 g/mol. The number of hydrogen-bond acceptors (Lipinski definition) is 4. The number of fused-ring (bicyclic) bond motifs is 2. The molecular weight excluding hydrogens is 424 g/mol. The Labute approximate surface area is 206 Å². The molecule has 0 saturated carbocycles. The summed E-state index contributed by atoms with van der Waals surface area (Å²) in [6, 6.07) is 0. The van der Waals surface area contributed by atoms with Crippen molar-refractivity contribution in [2.75, 3.05) is 0 Å². The first-order chi connectivity index (χ1) is 16.5. The maximum absolute atomic E-state index is 10.9. The fourth-order valence-corrected chi connectivity index (χ4v) is 5.42. The Balaban J connectivity index is 2.38. The molecule has 0 aliphatic carbocycles. The molecule has 0 saturated heterocycles. The van der Waals surface area contributed by atoms with Crippen LogP contribution in [-0.2, 0) is 38.5 Å². The maximum atomic E-state index is 10.9. The first-order valence-corrected chi connectivity index (χ1v) is 13.6. The molecule has 0 unspecified atom stereocenters. The summed E-state index contributed by atoms with van der Waals surface area (Å²) in [6.07, 6.45) is 11.1. The highest BCUT2D eigenvalue weighted by Gasteiger charge is 2.35. The molecule has 2 N–H and O–H groups in total. The van der Waals surface area contributed by atoms with Gasteiger partial charge >= 0.3 is 0 Å². The van der Waals surface area contributed by atoms with Gasteiger partial charge in [-0.3, -0.25) is 0 Å². The molecular formula is C30H44O4. The average molecular weight is 469 g/mol. The summed E-state index contributed by atoms with van der Waals surface area (Å²) in [7, 11) is 0. The predicted octanol–water partition coefficient (Wildman–Crippen LogP) is 8.71. The second kappa shape index (κ2) is 11.9. The fraction of sp³-hybridized carbons (Fsp3) is 0.600. The molecule has 0 fully saturated rings. The van der Waals surface area contributed by atoms with Crippen LogP contribution in [0.15, 0.2) is 0 Å². The van der Waals surface area contributed by atoms with Gasteiger partial charge in [0.2, 0.25) is 0 Å². The highest BCUT2D eigenvalue weighted by molar-refractivity contribution is 5.72. The van der Waals surface area contributed by atoms with Crippen LogP contribution in [0.2, 0.25) is 0 Å². The number of phenols is 2. The SMILES string of the molecule is CCCc1c(CCC)c(CCC)c2c(c1CCC)Oc1c(CCC)c(O)c(O)c(CCC)c1O2. The van der Waals surface area contributed by atoms with Gasteiger partial charge in [-0.15, -0.1) is 0 Å². The lowest BCUT2D eigenvalue weighted by molar-refractivity contribution is 0.329. The molecule has 1 aliphatic rings. The van der Waals surface area contributed by atoms with Crippen molar-refractivity contribution in [3.8, 4) is 34.5 Å². The Bertz CT molecular complexity index is 926. The lowest BCUT2D eigenvalue weighted by Crippen LogP contribution is -2.14. The Morgan fingerprint density at radius 2 is 0.618 bits per heavy atom. The minimum absolute atomic E-state index is 0.0571. The van der Waals surface area contributed by atoms with Gasteiger partial charge < -0.3 is 19.7 Å².